The SMILES string of the molecule is COC(=O)[C@H](CCC(=O)NC(=O)CN(Cc1cccc2ccccc12)C[C@@H]1CCCN1C(=O)Cc1c[nH]cn1)N(C)C. The van der Waals surface area contributed by atoms with Crippen LogP contribution < -0.4 is 5.32 Å². The minimum Gasteiger partial charge on any atom is -0.468 e. The second-order valence-electron chi connectivity index (χ2n) is 10.9. The van der Waals surface area contributed by atoms with Crippen LogP contribution in [0, 0.1) is 0 Å². The van der Waals surface area contributed by atoms with E-state index in [1.54, 1.807) is 31.5 Å². The summed E-state index contributed by atoms with van der Waals surface area (Å²) in [5.41, 5.74) is 1.76. The Labute approximate surface area is 246 Å². The van der Waals surface area contributed by atoms with E-state index in [-0.39, 0.29) is 37.8 Å². The molecule has 0 aliphatic carbocycles. The van der Waals surface area contributed by atoms with Crippen molar-refractivity contribution >= 4 is 34.5 Å². The van der Waals surface area contributed by atoms with Crippen molar-refractivity contribution in [2.24, 2.45) is 0 Å². The van der Waals surface area contributed by atoms with Gasteiger partial charge in [0, 0.05) is 38.3 Å². The summed E-state index contributed by atoms with van der Waals surface area (Å²) >= 11 is 0. The summed E-state index contributed by atoms with van der Waals surface area (Å²) in [6.07, 6.45) is 5.46. The maximum atomic E-state index is 13.1. The summed E-state index contributed by atoms with van der Waals surface area (Å²) in [5.74, 6) is -1.29. The van der Waals surface area contributed by atoms with E-state index in [1.807, 2.05) is 34.1 Å². The lowest BCUT2D eigenvalue weighted by atomic mass is 10.0. The fraction of sp³-hybridized carbons (Fsp3) is 0.452. The van der Waals surface area contributed by atoms with E-state index in [9.17, 15) is 19.2 Å². The molecule has 2 atom stereocenters. The molecule has 0 radical (unpaired) electrons. The highest BCUT2D eigenvalue weighted by Gasteiger charge is 2.31. The zero-order chi connectivity index (χ0) is 30.1. The molecule has 1 aliphatic heterocycles. The number of aromatic nitrogens is 2. The molecule has 2 heterocycles. The third kappa shape index (κ3) is 8.23. The average molecular weight is 577 g/mol. The number of carbonyl (C=O) groups excluding carboxylic acids is 4. The summed E-state index contributed by atoms with van der Waals surface area (Å²) in [7, 11) is 4.78. The van der Waals surface area contributed by atoms with E-state index in [2.05, 4.69) is 33.5 Å². The lowest BCUT2D eigenvalue weighted by molar-refractivity contribution is -0.146. The first-order valence-electron chi connectivity index (χ1n) is 14.3. The molecular formula is C31H40N6O5. The molecule has 1 aromatic heterocycles. The summed E-state index contributed by atoms with van der Waals surface area (Å²) in [4.78, 5) is 63.6. The van der Waals surface area contributed by atoms with E-state index in [0.717, 1.165) is 29.2 Å². The molecule has 1 fully saturated rings. The molecule has 0 unspecified atom stereocenters. The smallest absolute Gasteiger partial charge is 0.323 e. The van der Waals surface area contributed by atoms with Gasteiger partial charge in [-0.05, 0) is 49.7 Å². The first-order valence-corrected chi connectivity index (χ1v) is 14.3. The van der Waals surface area contributed by atoms with Gasteiger partial charge < -0.3 is 14.6 Å². The summed E-state index contributed by atoms with van der Waals surface area (Å²) < 4.78 is 4.83. The molecule has 2 N–H and O–H groups in total. The highest BCUT2D eigenvalue weighted by atomic mass is 16.5. The molecule has 11 heteroatoms. The molecule has 1 aliphatic rings. The average Bonchev–Trinajstić information content (AvgIpc) is 3.65. The van der Waals surface area contributed by atoms with Gasteiger partial charge in [-0.15, -0.1) is 0 Å². The Balaban J connectivity index is 1.45. The standard InChI is InChI=1S/C31H40N6O5/c1-35(2)27(31(41)42-3)13-14-28(38)34-29(39)20-36(18-23-10-6-9-22-8-4-5-12-26(22)23)19-25-11-7-15-37(25)30(40)16-24-17-32-21-33-24/h4-6,8-10,12,17,21,25,27H,7,11,13-16,18-20H2,1-3H3,(H,32,33)(H,34,38,39)/t25-,27-/m0/s1. The number of fused-ring (bicyclic) bond motifs is 1. The van der Waals surface area contributed by atoms with Gasteiger partial charge in [0.1, 0.15) is 6.04 Å². The number of H-pyrrole nitrogens is 1. The van der Waals surface area contributed by atoms with Crippen molar-refractivity contribution in [3.63, 3.8) is 0 Å². The minimum absolute atomic E-state index is 0.00506. The van der Waals surface area contributed by atoms with Crippen LogP contribution in [-0.4, -0.2) is 101 Å². The van der Waals surface area contributed by atoms with Gasteiger partial charge >= 0.3 is 5.97 Å². The lowest BCUT2D eigenvalue weighted by Crippen LogP contribution is -2.47. The quantitative estimate of drug-likeness (QED) is 0.296. The highest BCUT2D eigenvalue weighted by molar-refractivity contribution is 5.96. The molecule has 224 valence electrons. The molecule has 0 bridgehead atoms. The third-order valence-corrected chi connectivity index (χ3v) is 7.72. The second-order valence-corrected chi connectivity index (χ2v) is 10.9. The number of nitrogens with zero attached hydrogens (tertiary/aromatic N) is 4. The number of esters is 1. The zero-order valence-corrected chi connectivity index (χ0v) is 24.5. The van der Waals surface area contributed by atoms with E-state index >= 15 is 0 Å². The van der Waals surface area contributed by atoms with Gasteiger partial charge in [-0.25, -0.2) is 4.98 Å². The number of ether oxygens (including phenoxy) is 1. The Bertz CT molecular complexity index is 1370. The van der Waals surface area contributed by atoms with Crippen LogP contribution in [0.1, 0.15) is 36.9 Å². The molecule has 1 saturated heterocycles. The fourth-order valence-electron chi connectivity index (χ4n) is 5.60. The Morgan fingerprint density at radius 3 is 2.64 bits per heavy atom. The van der Waals surface area contributed by atoms with Gasteiger partial charge in [-0.1, -0.05) is 42.5 Å². The topological polar surface area (TPSA) is 128 Å². The van der Waals surface area contributed by atoms with Crippen molar-refractivity contribution in [1.29, 1.82) is 0 Å². The fourth-order valence-corrected chi connectivity index (χ4v) is 5.60. The van der Waals surface area contributed by atoms with E-state index in [0.29, 0.717) is 25.3 Å². The molecule has 0 saturated carbocycles. The summed E-state index contributed by atoms with van der Waals surface area (Å²) in [6, 6.07) is 13.5. The number of benzene rings is 2. The number of likely N-dealkylation sites (tertiary alicyclic amines) is 1. The van der Waals surface area contributed by atoms with Crippen LogP contribution in [0.2, 0.25) is 0 Å². The first kappa shape index (κ1) is 30.9. The number of imidazole rings is 1. The largest absolute Gasteiger partial charge is 0.468 e. The van der Waals surface area contributed by atoms with Crippen molar-refractivity contribution in [2.75, 3.05) is 40.8 Å². The minimum atomic E-state index is -0.578. The number of amides is 3. The van der Waals surface area contributed by atoms with Crippen molar-refractivity contribution in [2.45, 2.75) is 50.7 Å². The second kappa shape index (κ2) is 14.7. The number of imide groups is 1. The Kier molecular flexibility index (Phi) is 10.8. The van der Waals surface area contributed by atoms with Crippen LogP contribution in [0.4, 0.5) is 0 Å². The van der Waals surface area contributed by atoms with Crippen molar-refractivity contribution < 1.29 is 23.9 Å². The van der Waals surface area contributed by atoms with Crippen molar-refractivity contribution in [3.05, 3.63) is 66.2 Å². The van der Waals surface area contributed by atoms with Gasteiger partial charge in [0.2, 0.25) is 17.7 Å². The number of aromatic amines is 1. The molecule has 3 aromatic rings. The number of likely N-dealkylation sites (N-methyl/N-ethyl adjacent to an activating group) is 1. The van der Waals surface area contributed by atoms with E-state index < -0.39 is 23.8 Å². The van der Waals surface area contributed by atoms with Crippen LogP contribution in [-0.2, 0) is 36.9 Å². The third-order valence-electron chi connectivity index (χ3n) is 7.72. The maximum absolute atomic E-state index is 13.1. The van der Waals surface area contributed by atoms with Gasteiger partial charge in [0.05, 0.1) is 32.1 Å². The summed E-state index contributed by atoms with van der Waals surface area (Å²) in [5, 5.41) is 4.69. The number of rotatable bonds is 13. The van der Waals surface area contributed by atoms with Crippen LogP contribution in [0.3, 0.4) is 0 Å². The monoisotopic (exact) mass is 576 g/mol. The van der Waals surface area contributed by atoms with E-state index in [1.165, 1.54) is 7.11 Å². The maximum Gasteiger partial charge on any atom is 0.323 e. The molecule has 0 spiro atoms. The van der Waals surface area contributed by atoms with Crippen LogP contribution in [0.5, 0.6) is 0 Å². The van der Waals surface area contributed by atoms with Crippen LogP contribution in [0.15, 0.2) is 55.0 Å². The Morgan fingerprint density at radius 2 is 1.90 bits per heavy atom. The van der Waals surface area contributed by atoms with Gasteiger partial charge in [-0.2, -0.15) is 0 Å². The number of hydrogen-bond acceptors (Lipinski definition) is 8. The first-order chi connectivity index (χ1) is 20.2. The molecule has 2 aromatic carbocycles. The van der Waals surface area contributed by atoms with Crippen molar-refractivity contribution in [3.8, 4) is 0 Å². The normalized spacial score (nSPS) is 15.7. The molecule has 3 amide bonds. The number of methoxy groups -OCH3 is 1. The number of carbonyl (C=O) groups is 4. The predicted molar refractivity (Wildman–Crippen MR) is 158 cm³/mol. The van der Waals surface area contributed by atoms with Gasteiger partial charge in [0.25, 0.3) is 0 Å². The molecule has 11 nitrogen and oxygen atoms in total. The Hall–Kier alpha value is -4.09. The van der Waals surface area contributed by atoms with E-state index in [4.69, 9.17) is 4.74 Å². The van der Waals surface area contributed by atoms with Crippen LogP contribution in [0.25, 0.3) is 10.8 Å². The summed E-state index contributed by atoms with van der Waals surface area (Å²) in [6.45, 7) is 1.61. The van der Waals surface area contributed by atoms with Gasteiger partial charge in [-0.3, -0.25) is 34.3 Å². The zero-order valence-electron chi connectivity index (χ0n) is 24.5. The highest BCUT2D eigenvalue weighted by Crippen LogP contribution is 2.23. The van der Waals surface area contributed by atoms with Gasteiger partial charge in [0.15, 0.2) is 0 Å². The Morgan fingerprint density at radius 1 is 1.12 bits per heavy atom. The molecular weight excluding hydrogens is 536 g/mol. The van der Waals surface area contributed by atoms with Crippen LogP contribution >= 0.6 is 0 Å². The van der Waals surface area contributed by atoms with Crippen molar-refractivity contribution in [1.82, 2.24) is 30.0 Å². The predicted octanol–water partition coefficient (Wildman–Crippen LogP) is 2.12. The molecule has 42 heavy (non-hydrogen) atoms. The number of nitrogens with one attached hydrogen (secondary N) is 2. The molecule has 4 rings (SSSR count). The number of hydrogen-bond donors (Lipinski definition) is 2. The lowest BCUT2D eigenvalue weighted by Gasteiger charge is -2.31.